The Kier molecular flexibility index (Phi) is 4.18. The van der Waals surface area contributed by atoms with Crippen LogP contribution in [0.4, 0.5) is 5.82 Å². The van der Waals surface area contributed by atoms with Gasteiger partial charge in [-0.2, -0.15) is 0 Å². The van der Waals surface area contributed by atoms with Crippen molar-refractivity contribution < 1.29 is 0 Å². The molecule has 0 saturated heterocycles. The van der Waals surface area contributed by atoms with Crippen LogP contribution in [0.15, 0.2) is 33.2 Å². The summed E-state index contributed by atoms with van der Waals surface area (Å²) in [5.41, 5.74) is 15.8. The molecular weight excluding hydrogens is 316 g/mol. The highest BCUT2D eigenvalue weighted by molar-refractivity contribution is 9.10. The zero-order valence-electron chi connectivity index (χ0n) is 11.9. The molecule has 0 fully saturated rings. The summed E-state index contributed by atoms with van der Waals surface area (Å²) in [6, 6.07) is 5.97. The highest BCUT2D eigenvalue weighted by atomic mass is 79.9. The molecule has 0 aliphatic heterocycles. The topological polar surface area (TPSA) is 80.2 Å². The number of nitrogens with two attached hydrogens (primary N) is 2. The molecule has 0 bridgehead atoms. The van der Waals surface area contributed by atoms with Gasteiger partial charge in [-0.3, -0.25) is 0 Å². The molecule has 0 saturated carbocycles. The largest absolute Gasteiger partial charge is 0.398 e. The van der Waals surface area contributed by atoms with E-state index in [2.05, 4.69) is 32.8 Å². The maximum Gasteiger partial charge on any atom is 0.142 e. The van der Waals surface area contributed by atoms with Crippen molar-refractivity contribution in [2.75, 3.05) is 0 Å². The number of rotatable bonds is 3. The Balaban J connectivity index is 2.87. The SMILES string of the molecule is CC/C(C)=C(\N)c1c(/N=C(\C)N)[nH]c2cccc(Br)c12. The number of allylic oxidation sites excluding steroid dienone is 1. The van der Waals surface area contributed by atoms with E-state index in [1.165, 1.54) is 0 Å². The van der Waals surface area contributed by atoms with E-state index in [0.29, 0.717) is 11.7 Å². The minimum absolute atomic E-state index is 0.496. The van der Waals surface area contributed by atoms with Gasteiger partial charge in [-0.05, 0) is 38.0 Å². The molecule has 5 heteroatoms. The lowest BCUT2D eigenvalue weighted by Crippen LogP contribution is -2.05. The summed E-state index contributed by atoms with van der Waals surface area (Å²) in [4.78, 5) is 7.66. The van der Waals surface area contributed by atoms with E-state index in [4.69, 9.17) is 11.5 Å². The molecule has 1 aromatic heterocycles. The molecule has 2 rings (SSSR count). The molecule has 0 amide bonds. The van der Waals surface area contributed by atoms with E-state index < -0.39 is 0 Å². The Bertz CT molecular complexity index is 706. The minimum Gasteiger partial charge on any atom is -0.398 e. The standard InChI is InChI=1S/C15H19BrN4/c1-4-8(2)14(18)13-12-10(16)6-5-7-11(12)20-15(13)19-9(3)17/h5-7,20H,4,18H2,1-3H3,(H2,17,19)/b14-8-. The second-order valence-electron chi connectivity index (χ2n) is 4.81. The third-order valence-electron chi connectivity index (χ3n) is 3.30. The van der Waals surface area contributed by atoms with Gasteiger partial charge in [0, 0.05) is 21.1 Å². The average molecular weight is 335 g/mol. The normalized spacial score (nSPS) is 13.7. The number of aromatic amines is 1. The molecule has 1 heterocycles. The summed E-state index contributed by atoms with van der Waals surface area (Å²) >= 11 is 3.59. The molecule has 20 heavy (non-hydrogen) atoms. The zero-order valence-corrected chi connectivity index (χ0v) is 13.5. The monoisotopic (exact) mass is 334 g/mol. The summed E-state index contributed by atoms with van der Waals surface area (Å²) < 4.78 is 0.990. The maximum absolute atomic E-state index is 6.33. The first kappa shape index (κ1) is 14.7. The van der Waals surface area contributed by atoms with Crippen molar-refractivity contribution in [3.63, 3.8) is 0 Å². The maximum atomic E-state index is 6.33. The quantitative estimate of drug-likeness (QED) is 0.584. The molecule has 106 valence electrons. The Morgan fingerprint density at radius 2 is 2.00 bits per heavy atom. The van der Waals surface area contributed by atoms with E-state index in [1.807, 2.05) is 25.1 Å². The molecular formula is C15H19BrN4. The number of hydrogen-bond acceptors (Lipinski definition) is 2. The summed E-state index contributed by atoms with van der Waals surface area (Å²) in [6.07, 6.45) is 0.897. The Labute approximate surface area is 127 Å². The Morgan fingerprint density at radius 1 is 1.30 bits per heavy atom. The smallest absolute Gasteiger partial charge is 0.142 e. The number of H-pyrrole nitrogens is 1. The van der Waals surface area contributed by atoms with Gasteiger partial charge in [-0.15, -0.1) is 0 Å². The predicted molar refractivity (Wildman–Crippen MR) is 90.0 cm³/mol. The third-order valence-corrected chi connectivity index (χ3v) is 3.96. The van der Waals surface area contributed by atoms with Crippen LogP contribution in [0, 0.1) is 0 Å². The van der Waals surface area contributed by atoms with Crippen LogP contribution < -0.4 is 11.5 Å². The Morgan fingerprint density at radius 3 is 2.60 bits per heavy atom. The lowest BCUT2D eigenvalue weighted by molar-refractivity contribution is 1.09. The summed E-state index contributed by atoms with van der Waals surface area (Å²) in [5.74, 6) is 1.20. The van der Waals surface area contributed by atoms with Crippen LogP contribution in [-0.4, -0.2) is 10.8 Å². The summed E-state index contributed by atoms with van der Waals surface area (Å²) in [7, 11) is 0. The van der Waals surface area contributed by atoms with Crippen molar-refractivity contribution >= 4 is 44.2 Å². The molecule has 0 aliphatic carbocycles. The number of aliphatic imine (C=N–C) groups is 1. The molecule has 0 aliphatic rings. The lowest BCUT2D eigenvalue weighted by Gasteiger charge is -2.07. The Hall–Kier alpha value is -1.75. The van der Waals surface area contributed by atoms with Crippen molar-refractivity contribution in [2.24, 2.45) is 16.5 Å². The molecule has 2 aromatic rings. The minimum atomic E-state index is 0.496. The van der Waals surface area contributed by atoms with Gasteiger partial charge in [0.1, 0.15) is 5.82 Å². The van der Waals surface area contributed by atoms with E-state index in [1.54, 1.807) is 6.92 Å². The van der Waals surface area contributed by atoms with Gasteiger partial charge >= 0.3 is 0 Å². The van der Waals surface area contributed by atoms with Crippen molar-refractivity contribution in [3.8, 4) is 0 Å². The molecule has 0 spiro atoms. The van der Waals surface area contributed by atoms with Crippen molar-refractivity contribution in [2.45, 2.75) is 27.2 Å². The molecule has 4 nitrogen and oxygen atoms in total. The predicted octanol–water partition coefficient (Wildman–Crippen LogP) is 4.04. The van der Waals surface area contributed by atoms with Gasteiger partial charge in [0.25, 0.3) is 0 Å². The van der Waals surface area contributed by atoms with E-state index >= 15 is 0 Å². The number of hydrogen-bond donors (Lipinski definition) is 3. The van der Waals surface area contributed by atoms with E-state index in [-0.39, 0.29) is 0 Å². The first-order chi connectivity index (χ1) is 9.45. The molecule has 5 N–H and O–H groups in total. The number of benzene rings is 1. The highest BCUT2D eigenvalue weighted by Crippen LogP contribution is 2.37. The zero-order chi connectivity index (χ0) is 14.9. The van der Waals surface area contributed by atoms with Crippen LogP contribution in [0.3, 0.4) is 0 Å². The van der Waals surface area contributed by atoms with Crippen molar-refractivity contribution in [1.29, 1.82) is 0 Å². The molecule has 0 radical (unpaired) electrons. The van der Waals surface area contributed by atoms with Crippen LogP contribution in [0.2, 0.25) is 0 Å². The number of amidine groups is 1. The third kappa shape index (κ3) is 2.58. The van der Waals surface area contributed by atoms with Gasteiger partial charge in [0.15, 0.2) is 0 Å². The fourth-order valence-corrected chi connectivity index (χ4v) is 2.68. The highest BCUT2D eigenvalue weighted by Gasteiger charge is 2.17. The average Bonchev–Trinajstić information content (AvgIpc) is 2.75. The van der Waals surface area contributed by atoms with Crippen molar-refractivity contribution in [3.05, 3.63) is 33.8 Å². The van der Waals surface area contributed by atoms with Gasteiger partial charge in [-0.1, -0.05) is 28.9 Å². The number of nitrogens with one attached hydrogen (secondary N) is 1. The first-order valence-corrected chi connectivity index (χ1v) is 7.31. The van der Waals surface area contributed by atoms with Crippen LogP contribution in [0.25, 0.3) is 16.6 Å². The lowest BCUT2D eigenvalue weighted by atomic mass is 10.0. The molecule has 0 unspecified atom stereocenters. The van der Waals surface area contributed by atoms with E-state index in [0.717, 1.165) is 38.6 Å². The fourth-order valence-electron chi connectivity index (χ4n) is 2.12. The fraction of sp³-hybridized carbons (Fsp3) is 0.267. The van der Waals surface area contributed by atoms with Gasteiger partial charge in [-0.25, -0.2) is 4.99 Å². The molecule has 0 atom stereocenters. The summed E-state index contributed by atoms with van der Waals surface area (Å²) in [6.45, 7) is 5.88. The molecule has 1 aromatic carbocycles. The van der Waals surface area contributed by atoms with Crippen molar-refractivity contribution in [1.82, 2.24) is 4.98 Å². The second kappa shape index (κ2) is 5.71. The van der Waals surface area contributed by atoms with Crippen LogP contribution >= 0.6 is 15.9 Å². The number of nitrogens with zero attached hydrogens (tertiary/aromatic N) is 1. The number of aromatic nitrogens is 1. The van der Waals surface area contributed by atoms with Crippen LogP contribution in [0.5, 0.6) is 0 Å². The summed E-state index contributed by atoms with van der Waals surface area (Å²) in [5, 5.41) is 1.04. The number of fused-ring (bicyclic) bond motifs is 1. The van der Waals surface area contributed by atoms with Crippen LogP contribution in [0.1, 0.15) is 32.8 Å². The first-order valence-electron chi connectivity index (χ1n) is 6.52. The van der Waals surface area contributed by atoms with Gasteiger partial charge in [0.2, 0.25) is 0 Å². The number of halogens is 1. The van der Waals surface area contributed by atoms with E-state index in [9.17, 15) is 0 Å². The van der Waals surface area contributed by atoms with Gasteiger partial charge < -0.3 is 16.5 Å². The van der Waals surface area contributed by atoms with Gasteiger partial charge in [0.05, 0.1) is 11.4 Å². The van der Waals surface area contributed by atoms with Crippen LogP contribution in [-0.2, 0) is 0 Å². The second-order valence-corrected chi connectivity index (χ2v) is 5.67.